The topological polar surface area (TPSA) is 72.9 Å². The highest BCUT2D eigenvalue weighted by molar-refractivity contribution is 6.33. The first-order valence-electron chi connectivity index (χ1n) is 9.29. The minimum Gasteiger partial charge on any atom is -0.368 e. The van der Waals surface area contributed by atoms with E-state index in [1.54, 1.807) is 11.0 Å². The number of piperidine rings is 1. The Labute approximate surface area is 170 Å². The summed E-state index contributed by atoms with van der Waals surface area (Å²) >= 11 is 6.19. The number of halogens is 4. The van der Waals surface area contributed by atoms with Crippen molar-refractivity contribution in [3.63, 3.8) is 0 Å². The molecule has 0 unspecified atom stereocenters. The van der Waals surface area contributed by atoms with Crippen LogP contribution >= 0.6 is 11.6 Å². The fourth-order valence-corrected chi connectivity index (χ4v) is 3.83. The molecule has 154 valence electrons. The third kappa shape index (κ3) is 3.59. The number of aromatic nitrogens is 4. The van der Waals surface area contributed by atoms with Crippen molar-refractivity contribution < 1.29 is 13.2 Å². The van der Waals surface area contributed by atoms with Crippen LogP contribution in [0.3, 0.4) is 0 Å². The van der Waals surface area contributed by atoms with Gasteiger partial charge in [-0.15, -0.1) is 0 Å². The molecule has 3 heterocycles. The molecule has 0 bridgehead atoms. The van der Waals surface area contributed by atoms with E-state index in [2.05, 4.69) is 15.0 Å². The van der Waals surface area contributed by atoms with Gasteiger partial charge in [0.25, 0.3) is 5.92 Å². The highest BCUT2D eigenvalue weighted by Crippen LogP contribution is 2.36. The zero-order valence-corrected chi connectivity index (χ0v) is 16.7. The minimum absolute atomic E-state index is 0.0252. The Hall–Kier alpha value is -2.55. The summed E-state index contributed by atoms with van der Waals surface area (Å²) in [6.45, 7) is 4.18. The average Bonchev–Trinajstić information content (AvgIpc) is 3.04. The number of hydrogen-bond donors (Lipinski definition) is 1. The molecular weight excluding hydrogens is 405 g/mol. The maximum atomic E-state index is 15.0. The normalized spacial score (nSPS) is 16.7. The zero-order chi connectivity index (χ0) is 20.9. The number of rotatable bonds is 3. The molecule has 2 aromatic heterocycles. The van der Waals surface area contributed by atoms with Gasteiger partial charge in [0.2, 0.25) is 11.9 Å². The Balaban J connectivity index is 1.87. The van der Waals surface area contributed by atoms with Gasteiger partial charge in [-0.2, -0.15) is 0 Å². The van der Waals surface area contributed by atoms with Gasteiger partial charge in [0, 0.05) is 37.5 Å². The van der Waals surface area contributed by atoms with Crippen LogP contribution in [0.2, 0.25) is 5.02 Å². The average molecular weight is 425 g/mol. The second kappa shape index (κ2) is 7.05. The molecule has 2 N–H and O–H groups in total. The van der Waals surface area contributed by atoms with Crippen LogP contribution in [0, 0.1) is 5.82 Å². The van der Waals surface area contributed by atoms with Crippen LogP contribution in [0.5, 0.6) is 0 Å². The van der Waals surface area contributed by atoms with Crippen LogP contribution in [-0.2, 0) is 0 Å². The maximum Gasteiger partial charge on any atom is 0.251 e. The van der Waals surface area contributed by atoms with E-state index in [4.69, 9.17) is 17.3 Å². The molecule has 0 aliphatic carbocycles. The molecule has 29 heavy (non-hydrogen) atoms. The summed E-state index contributed by atoms with van der Waals surface area (Å²) in [5, 5.41) is 0.243. The molecule has 1 aromatic carbocycles. The quantitative estimate of drug-likeness (QED) is 0.660. The fraction of sp³-hybridized carbons (Fsp3) is 0.421. The Bertz CT molecular complexity index is 1070. The summed E-state index contributed by atoms with van der Waals surface area (Å²) in [5.41, 5.74) is 7.12. The van der Waals surface area contributed by atoms with Gasteiger partial charge in [-0.3, -0.25) is 0 Å². The summed E-state index contributed by atoms with van der Waals surface area (Å²) in [6, 6.07) is 2.96. The molecule has 1 saturated heterocycles. The van der Waals surface area contributed by atoms with E-state index in [1.165, 1.54) is 12.3 Å². The SMILES string of the molecule is CC(C)n1c(N2CCC(F)(F)CC2)nc2c(F)cc(-c3nc(N)ncc3Cl)cc21. The molecule has 0 spiro atoms. The Kier molecular flexibility index (Phi) is 4.80. The molecule has 4 rings (SSSR count). The Morgan fingerprint density at radius 2 is 1.86 bits per heavy atom. The summed E-state index contributed by atoms with van der Waals surface area (Å²) in [7, 11) is 0. The molecule has 6 nitrogen and oxygen atoms in total. The molecule has 1 aliphatic heterocycles. The van der Waals surface area contributed by atoms with E-state index in [1.807, 2.05) is 18.4 Å². The highest BCUT2D eigenvalue weighted by atomic mass is 35.5. The summed E-state index contributed by atoms with van der Waals surface area (Å²) in [5.74, 6) is -2.71. The van der Waals surface area contributed by atoms with Crippen molar-refractivity contribution >= 4 is 34.5 Å². The predicted molar refractivity (Wildman–Crippen MR) is 107 cm³/mol. The second-order valence-electron chi connectivity index (χ2n) is 7.47. The molecule has 0 atom stereocenters. The minimum atomic E-state index is -2.67. The third-order valence-electron chi connectivity index (χ3n) is 5.06. The number of alkyl halides is 2. The zero-order valence-electron chi connectivity index (χ0n) is 16.0. The van der Waals surface area contributed by atoms with Crippen LogP contribution in [0.1, 0.15) is 32.7 Å². The summed E-state index contributed by atoms with van der Waals surface area (Å²) in [6.07, 6.45) is 0.857. The molecular formula is C19H20ClF3N6. The first-order valence-corrected chi connectivity index (χ1v) is 9.67. The van der Waals surface area contributed by atoms with E-state index in [-0.39, 0.29) is 48.5 Å². The molecule has 1 aliphatic rings. The van der Waals surface area contributed by atoms with Crippen molar-refractivity contribution in [3.8, 4) is 11.3 Å². The number of nitrogens with zero attached hydrogens (tertiary/aromatic N) is 5. The van der Waals surface area contributed by atoms with Gasteiger partial charge in [0.15, 0.2) is 5.82 Å². The standard InChI is InChI=1S/C19H20ClF3N6/c1-10(2)29-14-8-11(15-12(20)9-25-17(24)26-15)7-13(21)16(14)27-18(29)28-5-3-19(22,23)4-6-28/h7-10H,3-6H2,1-2H3,(H2,24,25,26). The van der Waals surface area contributed by atoms with Gasteiger partial charge in [-0.25, -0.2) is 28.1 Å². The van der Waals surface area contributed by atoms with Gasteiger partial charge in [-0.05, 0) is 26.0 Å². The fourth-order valence-electron chi connectivity index (χ4n) is 3.63. The van der Waals surface area contributed by atoms with Gasteiger partial charge in [0.05, 0.1) is 22.4 Å². The van der Waals surface area contributed by atoms with Gasteiger partial charge >= 0.3 is 0 Å². The van der Waals surface area contributed by atoms with Crippen molar-refractivity contribution in [1.82, 2.24) is 19.5 Å². The van der Waals surface area contributed by atoms with E-state index in [0.29, 0.717) is 22.7 Å². The van der Waals surface area contributed by atoms with Crippen LogP contribution < -0.4 is 10.6 Å². The van der Waals surface area contributed by atoms with Crippen LogP contribution in [0.25, 0.3) is 22.3 Å². The van der Waals surface area contributed by atoms with Crippen molar-refractivity contribution in [2.45, 2.75) is 38.7 Å². The molecule has 0 saturated carbocycles. The van der Waals surface area contributed by atoms with Crippen molar-refractivity contribution in [3.05, 3.63) is 29.2 Å². The second-order valence-corrected chi connectivity index (χ2v) is 7.88. The molecule has 10 heteroatoms. The van der Waals surface area contributed by atoms with Crippen molar-refractivity contribution in [2.75, 3.05) is 23.7 Å². The smallest absolute Gasteiger partial charge is 0.251 e. The lowest BCUT2D eigenvalue weighted by molar-refractivity contribution is -0.0223. The van der Waals surface area contributed by atoms with E-state index in [9.17, 15) is 13.2 Å². The van der Waals surface area contributed by atoms with Gasteiger partial charge in [0.1, 0.15) is 5.52 Å². The number of imidazole rings is 1. The number of anilines is 2. The third-order valence-corrected chi connectivity index (χ3v) is 5.34. The Morgan fingerprint density at radius 3 is 2.52 bits per heavy atom. The molecule has 0 radical (unpaired) electrons. The largest absolute Gasteiger partial charge is 0.368 e. The van der Waals surface area contributed by atoms with Crippen LogP contribution in [0.4, 0.5) is 25.1 Å². The summed E-state index contributed by atoms with van der Waals surface area (Å²) in [4.78, 5) is 14.2. The first-order chi connectivity index (χ1) is 13.7. The van der Waals surface area contributed by atoms with E-state index >= 15 is 0 Å². The molecule has 0 amide bonds. The van der Waals surface area contributed by atoms with Gasteiger partial charge in [-0.1, -0.05) is 11.6 Å². The molecule has 3 aromatic rings. The number of benzene rings is 1. The first kappa shape index (κ1) is 19.8. The number of hydrogen-bond acceptors (Lipinski definition) is 5. The number of nitrogen functional groups attached to an aromatic ring is 1. The van der Waals surface area contributed by atoms with Crippen LogP contribution in [0.15, 0.2) is 18.3 Å². The van der Waals surface area contributed by atoms with E-state index in [0.717, 1.165) is 0 Å². The Morgan fingerprint density at radius 1 is 1.17 bits per heavy atom. The summed E-state index contributed by atoms with van der Waals surface area (Å²) < 4.78 is 44.0. The lowest BCUT2D eigenvalue weighted by Gasteiger charge is -2.33. The number of nitrogens with two attached hydrogens (primary N) is 1. The lowest BCUT2D eigenvalue weighted by atomic mass is 10.1. The maximum absolute atomic E-state index is 15.0. The lowest BCUT2D eigenvalue weighted by Crippen LogP contribution is -2.40. The monoisotopic (exact) mass is 424 g/mol. The van der Waals surface area contributed by atoms with Gasteiger partial charge < -0.3 is 15.2 Å². The number of fused-ring (bicyclic) bond motifs is 1. The van der Waals surface area contributed by atoms with Crippen molar-refractivity contribution in [2.24, 2.45) is 0 Å². The van der Waals surface area contributed by atoms with E-state index < -0.39 is 11.7 Å². The van der Waals surface area contributed by atoms with Crippen molar-refractivity contribution in [1.29, 1.82) is 0 Å². The predicted octanol–water partition coefficient (Wildman–Crippen LogP) is 4.68. The van der Waals surface area contributed by atoms with Crippen LogP contribution in [-0.4, -0.2) is 38.5 Å². The highest BCUT2D eigenvalue weighted by Gasteiger charge is 2.36. The molecule has 1 fully saturated rings.